The fourth-order valence-corrected chi connectivity index (χ4v) is 6.19. The first kappa shape index (κ1) is 22.3. The number of ether oxygens (including phenoxy) is 2. The van der Waals surface area contributed by atoms with Gasteiger partial charge < -0.3 is 14.8 Å². The van der Waals surface area contributed by atoms with Crippen molar-refractivity contribution in [2.24, 2.45) is 5.92 Å². The lowest BCUT2D eigenvalue weighted by atomic mass is 9.97. The molecule has 1 aliphatic rings. The van der Waals surface area contributed by atoms with Crippen molar-refractivity contribution >= 4 is 33.0 Å². The van der Waals surface area contributed by atoms with Crippen LogP contribution in [0.15, 0.2) is 70.3 Å². The summed E-state index contributed by atoms with van der Waals surface area (Å²) >= 11 is 1.21. The van der Waals surface area contributed by atoms with Crippen molar-refractivity contribution in [2.45, 2.75) is 17.1 Å². The number of para-hydroxylation sites is 2. The Labute approximate surface area is 191 Å². The van der Waals surface area contributed by atoms with E-state index in [2.05, 4.69) is 5.32 Å². The van der Waals surface area contributed by atoms with Crippen LogP contribution in [0.3, 0.4) is 0 Å². The molecule has 0 spiro atoms. The van der Waals surface area contributed by atoms with Crippen molar-refractivity contribution in [2.75, 3.05) is 25.5 Å². The lowest BCUT2D eigenvalue weighted by molar-refractivity contribution is -0.120. The van der Waals surface area contributed by atoms with Crippen LogP contribution in [0.5, 0.6) is 17.2 Å². The first-order valence-corrected chi connectivity index (χ1v) is 12.5. The highest BCUT2D eigenvalue weighted by Gasteiger charge is 2.32. The molecule has 0 radical (unpaired) electrons. The molecular weight excluding hydrogens is 448 g/mol. The monoisotopic (exact) mass is 472 g/mol. The average molecular weight is 473 g/mol. The van der Waals surface area contributed by atoms with Crippen molar-refractivity contribution < 1.29 is 22.7 Å². The smallest absolute Gasteiger partial charge is 0.252 e. The Bertz CT molecular complexity index is 1150. The molecule has 1 aliphatic heterocycles. The normalized spacial score (nSPS) is 15.3. The molecule has 1 N–H and O–H groups in total. The zero-order valence-corrected chi connectivity index (χ0v) is 19.2. The maximum atomic E-state index is 12.7. The maximum absolute atomic E-state index is 12.7. The van der Waals surface area contributed by atoms with Gasteiger partial charge >= 0.3 is 0 Å². The summed E-state index contributed by atoms with van der Waals surface area (Å²) in [4.78, 5) is 12.7. The lowest BCUT2D eigenvalue weighted by Gasteiger charge is -2.30. The number of carbonyl (C=O) groups excluding carboxylic acids is 1. The van der Waals surface area contributed by atoms with E-state index in [4.69, 9.17) is 9.47 Å². The summed E-state index contributed by atoms with van der Waals surface area (Å²) in [5, 5.41) is 4.67. The zero-order valence-electron chi connectivity index (χ0n) is 17.6. The number of methoxy groups -OCH3 is 1. The summed E-state index contributed by atoms with van der Waals surface area (Å²) in [5.41, 5.74) is 0.663. The standard InChI is InChI=1S/C23H24N2O5S2/c1-29-20-5-2-3-6-21(20)30-19-10-8-18(9-11-19)24-23(26)17-12-14-25(15-13-17)32(27,28)22-7-4-16-31-22/h2-11,16-17H,12-15H2,1H3,(H,24,26). The molecule has 0 atom stereocenters. The number of nitrogens with zero attached hydrogens (tertiary/aromatic N) is 1. The number of hydrogen-bond donors (Lipinski definition) is 1. The fraction of sp³-hybridized carbons (Fsp3) is 0.261. The van der Waals surface area contributed by atoms with Gasteiger partial charge in [-0.2, -0.15) is 4.31 Å². The van der Waals surface area contributed by atoms with Crippen LogP contribution >= 0.6 is 11.3 Å². The molecule has 9 heteroatoms. The Morgan fingerprint density at radius 3 is 2.31 bits per heavy atom. The number of carbonyl (C=O) groups is 1. The van der Waals surface area contributed by atoms with E-state index in [9.17, 15) is 13.2 Å². The summed E-state index contributed by atoms with van der Waals surface area (Å²) in [6.45, 7) is 0.675. The molecule has 0 aliphatic carbocycles. The third kappa shape index (κ3) is 4.95. The molecule has 2 heterocycles. The molecule has 0 saturated carbocycles. The predicted octanol–water partition coefficient (Wildman–Crippen LogP) is 4.59. The molecule has 32 heavy (non-hydrogen) atoms. The molecular formula is C23H24N2O5S2. The SMILES string of the molecule is COc1ccccc1Oc1ccc(NC(=O)C2CCN(S(=O)(=O)c3cccs3)CC2)cc1. The minimum Gasteiger partial charge on any atom is -0.493 e. The number of piperidine rings is 1. The quantitative estimate of drug-likeness (QED) is 0.544. The first-order valence-electron chi connectivity index (χ1n) is 10.2. The molecule has 168 valence electrons. The second kappa shape index (κ2) is 9.72. The van der Waals surface area contributed by atoms with Gasteiger partial charge in [0.25, 0.3) is 10.0 Å². The van der Waals surface area contributed by atoms with Gasteiger partial charge in [0.1, 0.15) is 9.96 Å². The fourth-order valence-electron chi connectivity index (χ4n) is 3.58. The number of hydrogen-bond acceptors (Lipinski definition) is 6. The molecule has 3 aromatic rings. The number of sulfonamides is 1. The number of amides is 1. The van der Waals surface area contributed by atoms with E-state index in [1.54, 1.807) is 48.9 Å². The van der Waals surface area contributed by atoms with E-state index < -0.39 is 10.0 Å². The van der Waals surface area contributed by atoms with Crippen molar-refractivity contribution in [1.82, 2.24) is 4.31 Å². The molecule has 2 aromatic carbocycles. The average Bonchev–Trinajstić information content (AvgIpc) is 3.37. The molecule has 1 aromatic heterocycles. The van der Waals surface area contributed by atoms with Gasteiger partial charge in [-0.1, -0.05) is 18.2 Å². The van der Waals surface area contributed by atoms with Gasteiger partial charge in [-0.05, 0) is 60.7 Å². The minimum atomic E-state index is -3.47. The third-order valence-electron chi connectivity index (χ3n) is 5.33. The van der Waals surface area contributed by atoms with Crippen LogP contribution in [0.2, 0.25) is 0 Å². The van der Waals surface area contributed by atoms with Crippen molar-refractivity contribution in [3.05, 3.63) is 66.0 Å². The molecule has 4 rings (SSSR count). The molecule has 0 unspecified atom stereocenters. The predicted molar refractivity (Wildman–Crippen MR) is 124 cm³/mol. The van der Waals surface area contributed by atoms with Crippen LogP contribution in [0.4, 0.5) is 5.69 Å². The molecule has 0 bridgehead atoms. The summed E-state index contributed by atoms with van der Waals surface area (Å²) in [6, 6.07) is 17.8. The molecule has 1 amide bonds. The van der Waals surface area contributed by atoms with Gasteiger partial charge in [0.05, 0.1) is 7.11 Å². The Kier molecular flexibility index (Phi) is 6.78. The number of rotatable bonds is 7. The van der Waals surface area contributed by atoms with Crippen molar-refractivity contribution in [1.29, 1.82) is 0 Å². The second-order valence-electron chi connectivity index (χ2n) is 7.38. The summed E-state index contributed by atoms with van der Waals surface area (Å²) < 4.78 is 38.2. The largest absolute Gasteiger partial charge is 0.493 e. The molecule has 7 nitrogen and oxygen atoms in total. The van der Waals surface area contributed by atoms with E-state index in [1.165, 1.54) is 15.6 Å². The van der Waals surface area contributed by atoms with E-state index in [0.29, 0.717) is 53.1 Å². The van der Waals surface area contributed by atoms with Gasteiger partial charge in [0.2, 0.25) is 5.91 Å². The Hall–Kier alpha value is -2.88. The highest BCUT2D eigenvalue weighted by molar-refractivity contribution is 7.91. The van der Waals surface area contributed by atoms with E-state index in [-0.39, 0.29) is 11.8 Å². The van der Waals surface area contributed by atoms with Crippen molar-refractivity contribution in [3.8, 4) is 17.2 Å². The highest BCUT2D eigenvalue weighted by Crippen LogP contribution is 2.32. The number of benzene rings is 2. The van der Waals surface area contributed by atoms with Gasteiger partial charge in [0.15, 0.2) is 11.5 Å². The summed E-state index contributed by atoms with van der Waals surface area (Å²) in [7, 11) is -1.88. The maximum Gasteiger partial charge on any atom is 0.252 e. The highest BCUT2D eigenvalue weighted by atomic mass is 32.2. The van der Waals surface area contributed by atoms with Crippen molar-refractivity contribution in [3.63, 3.8) is 0 Å². The van der Waals surface area contributed by atoms with Crippen LogP contribution in [0, 0.1) is 5.92 Å². The van der Waals surface area contributed by atoms with Crippen LogP contribution < -0.4 is 14.8 Å². The Morgan fingerprint density at radius 2 is 1.69 bits per heavy atom. The topological polar surface area (TPSA) is 84.9 Å². The Morgan fingerprint density at radius 1 is 1.00 bits per heavy atom. The molecule has 1 fully saturated rings. The summed E-state index contributed by atoms with van der Waals surface area (Å²) in [6.07, 6.45) is 0.983. The third-order valence-corrected chi connectivity index (χ3v) is 8.60. The van der Waals surface area contributed by atoms with Crippen LogP contribution in [0.1, 0.15) is 12.8 Å². The second-order valence-corrected chi connectivity index (χ2v) is 10.5. The van der Waals surface area contributed by atoms with Crippen LogP contribution in [-0.4, -0.2) is 38.8 Å². The number of anilines is 1. The van der Waals surface area contributed by atoms with Gasteiger partial charge in [-0.3, -0.25) is 4.79 Å². The zero-order chi connectivity index (χ0) is 22.6. The van der Waals surface area contributed by atoms with Gasteiger partial charge in [0, 0.05) is 24.7 Å². The van der Waals surface area contributed by atoms with E-state index >= 15 is 0 Å². The van der Waals surface area contributed by atoms with Gasteiger partial charge in [-0.25, -0.2) is 8.42 Å². The molecule has 1 saturated heterocycles. The van der Waals surface area contributed by atoms with E-state index in [1.807, 2.05) is 24.3 Å². The summed E-state index contributed by atoms with van der Waals surface area (Å²) in [5.74, 6) is 1.54. The van der Waals surface area contributed by atoms with E-state index in [0.717, 1.165) is 0 Å². The lowest BCUT2D eigenvalue weighted by Crippen LogP contribution is -2.41. The first-order chi connectivity index (χ1) is 15.5. The number of nitrogens with one attached hydrogen (secondary N) is 1. The van der Waals surface area contributed by atoms with Gasteiger partial charge in [-0.15, -0.1) is 11.3 Å². The minimum absolute atomic E-state index is 0.100. The number of thiophene rings is 1. The van der Waals surface area contributed by atoms with Crippen LogP contribution in [-0.2, 0) is 14.8 Å². The Balaban J connectivity index is 1.32. The van der Waals surface area contributed by atoms with Crippen LogP contribution in [0.25, 0.3) is 0 Å².